The quantitative estimate of drug-likeness (QED) is 0.711. The van der Waals surface area contributed by atoms with E-state index in [0.29, 0.717) is 11.7 Å². The molecule has 3 rings (SSSR count). The van der Waals surface area contributed by atoms with Crippen molar-refractivity contribution in [2.45, 2.75) is 13.8 Å². The second-order valence-corrected chi connectivity index (χ2v) is 4.97. The lowest BCUT2D eigenvalue weighted by Crippen LogP contribution is -1.98. The fourth-order valence-corrected chi connectivity index (χ4v) is 2.29. The van der Waals surface area contributed by atoms with E-state index in [1.807, 2.05) is 26.0 Å². The smallest absolute Gasteiger partial charge is 0.224 e. The van der Waals surface area contributed by atoms with Crippen LogP contribution in [0.25, 0.3) is 22.3 Å². The van der Waals surface area contributed by atoms with Gasteiger partial charge in [-0.1, -0.05) is 6.07 Å². The molecule has 0 aliphatic heterocycles. The first-order valence-corrected chi connectivity index (χ1v) is 6.68. The summed E-state index contributed by atoms with van der Waals surface area (Å²) in [6, 6.07) is 10.1. The maximum Gasteiger partial charge on any atom is 0.224 e. The number of halogens is 1. The third-order valence-electron chi connectivity index (χ3n) is 3.65. The normalized spacial score (nSPS) is 10.9. The van der Waals surface area contributed by atoms with Gasteiger partial charge in [-0.2, -0.15) is 4.98 Å². The number of rotatable bonds is 2. The van der Waals surface area contributed by atoms with Crippen LogP contribution in [0, 0.1) is 19.7 Å². The molecular weight excluding hydrogens is 267 g/mol. The Balaban J connectivity index is 2.29. The number of benzene rings is 2. The van der Waals surface area contributed by atoms with Crippen LogP contribution in [0.5, 0.6) is 5.88 Å². The molecule has 0 saturated heterocycles. The van der Waals surface area contributed by atoms with Gasteiger partial charge in [-0.3, -0.25) is 0 Å². The molecule has 106 valence electrons. The van der Waals surface area contributed by atoms with E-state index >= 15 is 0 Å². The fraction of sp³-hybridized carbons (Fsp3) is 0.176. The highest BCUT2D eigenvalue weighted by molar-refractivity contribution is 5.88. The molecule has 0 spiro atoms. The standard InChI is InChI=1S/C17H15FN2O/c1-10-4-9-14-15(11(10)2)19-16(20-17(14)21-3)12-5-7-13(18)8-6-12/h4-9H,1-3H3. The Morgan fingerprint density at radius 1 is 0.952 bits per heavy atom. The van der Waals surface area contributed by atoms with Gasteiger partial charge in [-0.15, -0.1) is 0 Å². The molecule has 1 heterocycles. The van der Waals surface area contributed by atoms with Gasteiger partial charge < -0.3 is 4.74 Å². The Hall–Kier alpha value is -2.49. The molecule has 1 aromatic heterocycles. The van der Waals surface area contributed by atoms with E-state index in [-0.39, 0.29) is 5.82 Å². The van der Waals surface area contributed by atoms with Crippen LogP contribution in [-0.4, -0.2) is 17.1 Å². The van der Waals surface area contributed by atoms with E-state index in [2.05, 4.69) is 9.97 Å². The van der Waals surface area contributed by atoms with Crippen LogP contribution in [0.1, 0.15) is 11.1 Å². The van der Waals surface area contributed by atoms with Crippen molar-refractivity contribution in [2.24, 2.45) is 0 Å². The minimum absolute atomic E-state index is 0.279. The molecule has 0 bridgehead atoms. The van der Waals surface area contributed by atoms with Gasteiger partial charge in [-0.25, -0.2) is 9.37 Å². The van der Waals surface area contributed by atoms with Gasteiger partial charge >= 0.3 is 0 Å². The van der Waals surface area contributed by atoms with E-state index in [0.717, 1.165) is 27.6 Å². The van der Waals surface area contributed by atoms with Crippen molar-refractivity contribution in [1.82, 2.24) is 9.97 Å². The highest BCUT2D eigenvalue weighted by Crippen LogP contribution is 2.29. The Kier molecular flexibility index (Phi) is 3.29. The zero-order valence-electron chi connectivity index (χ0n) is 12.1. The summed E-state index contributed by atoms with van der Waals surface area (Å²) in [4.78, 5) is 9.06. The molecule has 0 saturated carbocycles. The van der Waals surface area contributed by atoms with Crippen molar-refractivity contribution >= 4 is 10.9 Å². The van der Waals surface area contributed by atoms with E-state index in [9.17, 15) is 4.39 Å². The highest BCUT2D eigenvalue weighted by atomic mass is 19.1. The van der Waals surface area contributed by atoms with Crippen molar-refractivity contribution < 1.29 is 9.13 Å². The summed E-state index contributed by atoms with van der Waals surface area (Å²) in [7, 11) is 1.59. The van der Waals surface area contributed by atoms with Crippen LogP contribution < -0.4 is 4.74 Å². The molecule has 3 nitrogen and oxygen atoms in total. The monoisotopic (exact) mass is 282 g/mol. The Labute approximate surface area is 122 Å². The molecule has 4 heteroatoms. The average Bonchev–Trinajstić information content (AvgIpc) is 2.51. The summed E-state index contributed by atoms with van der Waals surface area (Å²) < 4.78 is 18.4. The zero-order valence-corrected chi connectivity index (χ0v) is 12.1. The number of hydrogen-bond acceptors (Lipinski definition) is 3. The maximum absolute atomic E-state index is 13.1. The van der Waals surface area contributed by atoms with Crippen molar-refractivity contribution in [3.63, 3.8) is 0 Å². The van der Waals surface area contributed by atoms with Crippen LogP contribution in [0.3, 0.4) is 0 Å². The largest absolute Gasteiger partial charge is 0.480 e. The first-order valence-electron chi connectivity index (χ1n) is 6.68. The summed E-state index contributed by atoms with van der Waals surface area (Å²) >= 11 is 0. The van der Waals surface area contributed by atoms with Gasteiger partial charge in [0.15, 0.2) is 5.82 Å². The first-order chi connectivity index (χ1) is 10.1. The summed E-state index contributed by atoms with van der Waals surface area (Å²) in [5, 5.41) is 0.881. The molecule has 21 heavy (non-hydrogen) atoms. The SMILES string of the molecule is COc1nc(-c2ccc(F)cc2)nc2c(C)c(C)ccc12. The second kappa shape index (κ2) is 5.13. The Bertz CT molecular complexity index is 813. The third kappa shape index (κ3) is 2.33. The molecule has 2 aromatic carbocycles. The van der Waals surface area contributed by atoms with Gasteiger partial charge in [0, 0.05) is 5.56 Å². The Morgan fingerprint density at radius 3 is 2.33 bits per heavy atom. The number of aromatic nitrogens is 2. The van der Waals surface area contributed by atoms with Crippen molar-refractivity contribution in [2.75, 3.05) is 7.11 Å². The number of methoxy groups -OCH3 is 1. The molecule has 3 aromatic rings. The summed E-state index contributed by atoms with van der Waals surface area (Å²) in [6.07, 6.45) is 0. The third-order valence-corrected chi connectivity index (χ3v) is 3.65. The maximum atomic E-state index is 13.1. The lowest BCUT2D eigenvalue weighted by molar-refractivity contribution is 0.403. The molecule has 0 atom stereocenters. The number of aryl methyl sites for hydroxylation is 2. The van der Waals surface area contributed by atoms with E-state index in [1.54, 1.807) is 19.2 Å². The molecule has 0 aliphatic carbocycles. The zero-order chi connectivity index (χ0) is 15.0. The summed E-state index contributed by atoms with van der Waals surface area (Å²) in [5.74, 6) is 0.786. The Morgan fingerprint density at radius 2 is 1.67 bits per heavy atom. The lowest BCUT2D eigenvalue weighted by atomic mass is 10.1. The number of ether oxygens (including phenoxy) is 1. The molecule has 0 unspecified atom stereocenters. The van der Waals surface area contributed by atoms with Gasteiger partial charge in [0.25, 0.3) is 0 Å². The van der Waals surface area contributed by atoms with E-state index < -0.39 is 0 Å². The molecule has 0 fully saturated rings. The van der Waals surface area contributed by atoms with Gasteiger partial charge in [0.1, 0.15) is 5.82 Å². The number of fused-ring (bicyclic) bond motifs is 1. The highest BCUT2D eigenvalue weighted by Gasteiger charge is 2.12. The predicted molar refractivity (Wildman–Crippen MR) is 81.0 cm³/mol. The van der Waals surface area contributed by atoms with Crippen molar-refractivity contribution in [3.05, 3.63) is 53.3 Å². The van der Waals surface area contributed by atoms with Crippen LogP contribution in [-0.2, 0) is 0 Å². The number of hydrogen-bond donors (Lipinski definition) is 0. The van der Waals surface area contributed by atoms with E-state index in [4.69, 9.17) is 4.74 Å². The molecule has 0 N–H and O–H groups in total. The first kappa shape index (κ1) is 13.5. The van der Waals surface area contributed by atoms with Crippen LogP contribution in [0.15, 0.2) is 36.4 Å². The fourth-order valence-electron chi connectivity index (χ4n) is 2.29. The van der Waals surface area contributed by atoms with Crippen molar-refractivity contribution in [1.29, 1.82) is 0 Å². The van der Waals surface area contributed by atoms with Crippen LogP contribution >= 0.6 is 0 Å². The lowest BCUT2D eigenvalue weighted by Gasteiger charge is -2.10. The number of nitrogens with zero attached hydrogens (tertiary/aromatic N) is 2. The summed E-state index contributed by atoms with van der Waals surface area (Å²) in [6.45, 7) is 4.07. The van der Waals surface area contributed by atoms with Gasteiger partial charge in [0.05, 0.1) is 18.0 Å². The van der Waals surface area contributed by atoms with Gasteiger partial charge in [-0.05, 0) is 55.3 Å². The van der Waals surface area contributed by atoms with E-state index in [1.165, 1.54) is 12.1 Å². The van der Waals surface area contributed by atoms with Crippen molar-refractivity contribution in [3.8, 4) is 17.3 Å². The van der Waals surface area contributed by atoms with Crippen LogP contribution in [0.4, 0.5) is 4.39 Å². The molecule has 0 aliphatic rings. The molecular formula is C17H15FN2O. The summed E-state index contributed by atoms with van der Waals surface area (Å²) in [5.41, 5.74) is 3.88. The predicted octanol–water partition coefficient (Wildman–Crippen LogP) is 4.06. The molecule has 0 radical (unpaired) electrons. The van der Waals surface area contributed by atoms with Crippen LogP contribution in [0.2, 0.25) is 0 Å². The minimum atomic E-state index is -0.279. The van der Waals surface area contributed by atoms with Gasteiger partial charge in [0.2, 0.25) is 5.88 Å². The average molecular weight is 282 g/mol. The molecule has 0 amide bonds. The topological polar surface area (TPSA) is 35.0 Å². The second-order valence-electron chi connectivity index (χ2n) is 4.97. The minimum Gasteiger partial charge on any atom is -0.480 e.